The summed E-state index contributed by atoms with van der Waals surface area (Å²) >= 11 is 0. The van der Waals surface area contributed by atoms with Gasteiger partial charge in [0.2, 0.25) is 0 Å². The fourth-order valence-corrected chi connectivity index (χ4v) is 4.05. The van der Waals surface area contributed by atoms with E-state index in [0.29, 0.717) is 37.3 Å². The molecule has 9 heteroatoms. The molecule has 0 spiro atoms. The van der Waals surface area contributed by atoms with E-state index in [4.69, 9.17) is 5.26 Å². The van der Waals surface area contributed by atoms with Crippen LogP contribution in [0.25, 0.3) is 6.08 Å². The molecule has 0 atom stereocenters. The van der Waals surface area contributed by atoms with Crippen LogP contribution >= 0.6 is 0 Å². The SMILES string of the molecule is COC(=O)C=Cc1ccc(S(C)(=O)=O)cc1C(=O)N1CCN(c2ccc(C#N)cc2)CC1. The van der Waals surface area contributed by atoms with E-state index in [1.807, 2.05) is 12.1 Å². The molecule has 3 rings (SSSR count). The number of hydrogen-bond acceptors (Lipinski definition) is 7. The Morgan fingerprint density at radius 2 is 1.72 bits per heavy atom. The second-order valence-corrected chi connectivity index (χ2v) is 9.33. The van der Waals surface area contributed by atoms with Crippen molar-refractivity contribution >= 4 is 33.5 Å². The zero-order chi connectivity index (χ0) is 23.3. The summed E-state index contributed by atoms with van der Waals surface area (Å²) in [6.07, 6.45) is 3.71. The monoisotopic (exact) mass is 453 g/mol. The van der Waals surface area contributed by atoms with Crippen LogP contribution in [0.1, 0.15) is 21.5 Å². The second-order valence-electron chi connectivity index (χ2n) is 7.32. The molecule has 0 aliphatic carbocycles. The van der Waals surface area contributed by atoms with Crippen LogP contribution in [0, 0.1) is 11.3 Å². The second kappa shape index (κ2) is 9.66. The van der Waals surface area contributed by atoms with Gasteiger partial charge in [0.1, 0.15) is 0 Å². The molecule has 2 aromatic carbocycles. The predicted molar refractivity (Wildman–Crippen MR) is 120 cm³/mol. The molecule has 1 heterocycles. The number of sulfone groups is 1. The van der Waals surface area contributed by atoms with E-state index >= 15 is 0 Å². The fourth-order valence-electron chi connectivity index (χ4n) is 3.41. The van der Waals surface area contributed by atoms with Gasteiger partial charge in [-0.25, -0.2) is 13.2 Å². The Kier molecular flexibility index (Phi) is 6.95. The number of amides is 1. The van der Waals surface area contributed by atoms with Crippen LogP contribution in [0.3, 0.4) is 0 Å². The molecule has 1 aliphatic heterocycles. The Labute approximate surface area is 187 Å². The van der Waals surface area contributed by atoms with Crippen LogP contribution < -0.4 is 4.90 Å². The largest absolute Gasteiger partial charge is 0.466 e. The van der Waals surface area contributed by atoms with Gasteiger partial charge in [-0.15, -0.1) is 0 Å². The van der Waals surface area contributed by atoms with Crippen LogP contribution in [0.2, 0.25) is 0 Å². The number of ether oxygens (including phenoxy) is 1. The van der Waals surface area contributed by atoms with Crippen molar-refractivity contribution in [1.29, 1.82) is 5.26 Å². The summed E-state index contributed by atoms with van der Waals surface area (Å²) in [4.78, 5) is 28.6. The highest BCUT2D eigenvalue weighted by Crippen LogP contribution is 2.22. The molecule has 1 amide bonds. The Morgan fingerprint density at radius 1 is 1.06 bits per heavy atom. The third kappa shape index (κ3) is 5.34. The molecule has 0 unspecified atom stereocenters. The lowest BCUT2D eigenvalue weighted by Gasteiger charge is -2.36. The van der Waals surface area contributed by atoms with E-state index in [-0.39, 0.29) is 16.4 Å². The van der Waals surface area contributed by atoms with Crippen LogP contribution in [-0.2, 0) is 19.4 Å². The van der Waals surface area contributed by atoms with Gasteiger partial charge < -0.3 is 14.5 Å². The Morgan fingerprint density at radius 3 is 2.28 bits per heavy atom. The molecule has 1 saturated heterocycles. The van der Waals surface area contributed by atoms with Crippen molar-refractivity contribution in [3.63, 3.8) is 0 Å². The minimum Gasteiger partial charge on any atom is -0.466 e. The summed E-state index contributed by atoms with van der Waals surface area (Å²) in [6.45, 7) is 2.08. The molecular formula is C23H23N3O5S. The summed E-state index contributed by atoms with van der Waals surface area (Å²) in [7, 11) is -2.26. The van der Waals surface area contributed by atoms with Gasteiger partial charge in [0.15, 0.2) is 9.84 Å². The van der Waals surface area contributed by atoms with Crippen molar-refractivity contribution in [2.45, 2.75) is 4.90 Å². The van der Waals surface area contributed by atoms with Crippen molar-refractivity contribution in [1.82, 2.24) is 4.90 Å². The topological polar surface area (TPSA) is 108 Å². The van der Waals surface area contributed by atoms with E-state index in [2.05, 4.69) is 15.7 Å². The summed E-state index contributed by atoms with van der Waals surface area (Å²) in [5.41, 5.74) is 2.19. The van der Waals surface area contributed by atoms with Crippen molar-refractivity contribution in [2.75, 3.05) is 44.4 Å². The van der Waals surface area contributed by atoms with Gasteiger partial charge in [0.05, 0.1) is 23.6 Å². The molecule has 1 fully saturated rings. The number of nitrogens with zero attached hydrogens (tertiary/aromatic N) is 3. The predicted octanol–water partition coefficient (Wildman–Crippen LogP) is 2.11. The maximum atomic E-state index is 13.3. The number of esters is 1. The van der Waals surface area contributed by atoms with Gasteiger partial charge in [-0.2, -0.15) is 5.26 Å². The standard InChI is InChI=1S/C23H23N3O5S/c1-31-22(27)10-6-18-5-9-20(32(2,29)30)15-21(18)23(28)26-13-11-25(12-14-26)19-7-3-17(16-24)4-8-19/h3-10,15H,11-14H2,1-2H3. The molecule has 0 saturated carbocycles. The van der Waals surface area contributed by atoms with E-state index in [1.54, 1.807) is 17.0 Å². The number of methoxy groups -OCH3 is 1. The van der Waals surface area contributed by atoms with Crippen LogP contribution in [0.5, 0.6) is 0 Å². The molecule has 1 aliphatic rings. The number of piperazine rings is 1. The zero-order valence-corrected chi connectivity index (χ0v) is 18.6. The van der Waals surface area contributed by atoms with Crippen molar-refractivity contribution in [2.24, 2.45) is 0 Å². The summed E-state index contributed by atoms with van der Waals surface area (Å²) in [6, 6.07) is 13.6. The number of benzene rings is 2. The van der Waals surface area contributed by atoms with Gasteiger partial charge in [-0.1, -0.05) is 6.07 Å². The molecule has 32 heavy (non-hydrogen) atoms. The van der Waals surface area contributed by atoms with Gasteiger partial charge in [0, 0.05) is 49.8 Å². The average molecular weight is 454 g/mol. The first kappa shape index (κ1) is 23.0. The maximum absolute atomic E-state index is 13.3. The molecule has 8 nitrogen and oxygen atoms in total. The lowest BCUT2D eigenvalue weighted by molar-refractivity contribution is -0.134. The quantitative estimate of drug-likeness (QED) is 0.504. The van der Waals surface area contributed by atoms with E-state index in [0.717, 1.165) is 11.9 Å². The van der Waals surface area contributed by atoms with E-state index in [9.17, 15) is 18.0 Å². The maximum Gasteiger partial charge on any atom is 0.330 e. The number of carbonyl (C=O) groups excluding carboxylic acids is 2. The van der Waals surface area contributed by atoms with Gasteiger partial charge >= 0.3 is 5.97 Å². The van der Waals surface area contributed by atoms with Gasteiger partial charge in [-0.3, -0.25) is 4.79 Å². The molecule has 0 radical (unpaired) electrons. The number of rotatable bonds is 5. The number of carbonyl (C=O) groups is 2. The Hall–Kier alpha value is -3.64. The minimum atomic E-state index is -3.51. The summed E-state index contributed by atoms with van der Waals surface area (Å²) in [5.74, 6) is -0.883. The van der Waals surface area contributed by atoms with Crippen LogP contribution in [-0.4, -0.2) is 64.7 Å². The Balaban J connectivity index is 1.82. The lowest BCUT2D eigenvalue weighted by Crippen LogP contribution is -2.49. The molecule has 0 bridgehead atoms. The molecule has 2 aromatic rings. The van der Waals surface area contributed by atoms with Crippen LogP contribution in [0.4, 0.5) is 5.69 Å². The first-order valence-electron chi connectivity index (χ1n) is 9.87. The smallest absolute Gasteiger partial charge is 0.330 e. The van der Waals surface area contributed by atoms with Crippen molar-refractivity contribution in [3.8, 4) is 6.07 Å². The van der Waals surface area contributed by atoms with Gasteiger partial charge in [-0.05, 0) is 48.0 Å². The first-order chi connectivity index (χ1) is 15.2. The summed E-state index contributed by atoms with van der Waals surface area (Å²) in [5, 5.41) is 8.94. The van der Waals surface area contributed by atoms with E-state index < -0.39 is 15.8 Å². The first-order valence-corrected chi connectivity index (χ1v) is 11.8. The Bertz CT molecular complexity index is 1190. The number of hydrogen-bond donors (Lipinski definition) is 0. The third-order valence-corrected chi connectivity index (χ3v) is 6.32. The molecule has 166 valence electrons. The number of nitriles is 1. The van der Waals surface area contributed by atoms with Crippen LogP contribution in [0.15, 0.2) is 53.4 Å². The highest BCUT2D eigenvalue weighted by Gasteiger charge is 2.25. The summed E-state index contributed by atoms with van der Waals surface area (Å²) < 4.78 is 28.6. The third-order valence-electron chi connectivity index (χ3n) is 5.21. The lowest BCUT2D eigenvalue weighted by atomic mass is 10.0. The molecule has 0 N–H and O–H groups in total. The normalized spacial score (nSPS) is 14.3. The van der Waals surface area contributed by atoms with Crippen molar-refractivity contribution < 1.29 is 22.7 Å². The average Bonchev–Trinajstić information content (AvgIpc) is 2.81. The number of anilines is 1. The molecular weight excluding hydrogens is 430 g/mol. The minimum absolute atomic E-state index is 0.0345. The highest BCUT2D eigenvalue weighted by molar-refractivity contribution is 7.90. The fraction of sp³-hybridized carbons (Fsp3) is 0.261. The zero-order valence-electron chi connectivity index (χ0n) is 17.8. The van der Waals surface area contributed by atoms with E-state index in [1.165, 1.54) is 37.5 Å². The highest BCUT2D eigenvalue weighted by atomic mass is 32.2. The van der Waals surface area contributed by atoms with Crippen molar-refractivity contribution in [3.05, 3.63) is 65.2 Å². The van der Waals surface area contributed by atoms with Gasteiger partial charge in [0.25, 0.3) is 5.91 Å². The molecule has 0 aromatic heterocycles.